The summed E-state index contributed by atoms with van der Waals surface area (Å²) in [6, 6.07) is 6.43. The minimum Gasteiger partial charge on any atom is -0.315 e. The van der Waals surface area contributed by atoms with Crippen molar-refractivity contribution < 1.29 is 8.42 Å². The molecule has 0 aliphatic rings. The molecule has 18 heavy (non-hydrogen) atoms. The molecule has 0 saturated heterocycles. The van der Waals surface area contributed by atoms with Crippen LogP contribution in [-0.4, -0.2) is 27.3 Å². The standard InChI is InChI=1S/C13H20ClNO2S/c1-13(2,3)12(15-4)9-18(16,17)11-8-6-5-7-10(11)14/h5-8,12,15H,9H2,1-4H3. The third-order valence-electron chi connectivity index (χ3n) is 2.95. The Morgan fingerprint density at radius 1 is 1.28 bits per heavy atom. The number of rotatable bonds is 4. The highest BCUT2D eigenvalue weighted by Gasteiger charge is 2.30. The van der Waals surface area contributed by atoms with Gasteiger partial charge in [-0.2, -0.15) is 0 Å². The van der Waals surface area contributed by atoms with Gasteiger partial charge in [0.05, 0.1) is 15.7 Å². The fourth-order valence-corrected chi connectivity index (χ4v) is 4.20. The maximum atomic E-state index is 12.3. The van der Waals surface area contributed by atoms with Gasteiger partial charge in [-0.05, 0) is 24.6 Å². The van der Waals surface area contributed by atoms with Crippen LogP contribution in [0.4, 0.5) is 0 Å². The molecule has 0 bridgehead atoms. The lowest BCUT2D eigenvalue weighted by Gasteiger charge is -2.30. The van der Waals surface area contributed by atoms with Gasteiger partial charge in [-0.1, -0.05) is 44.5 Å². The molecule has 1 aromatic carbocycles. The average Bonchev–Trinajstić information content (AvgIpc) is 2.24. The number of halogens is 1. The molecule has 0 amide bonds. The summed E-state index contributed by atoms with van der Waals surface area (Å²) >= 11 is 5.95. The van der Waals surface area contributed by atoms with Crippen LogP contribution in [0.2, 0.25) is 5.02 Å². The van der Waals surface area contributed by atoms with Gasteiger partial charge in [-0.3, -0.25) is 0 Å². The molecule has 0 spiro atoms. The number of sulfone groups is 1. The summed E-state index contributed by atoms with van der Waals surface area (Å²) in [7, 11) is -1.60. The highest BCUT2D eigenvalue weighted by molar-refractivity contribution is 7.91. The zero-order valence-corrected chi connectivity index (χ0v) is 12.8. The van der Waals surface area contributed by atoms with Gasteiger partial charge < -0.3 is 5.32 Å². The second-order valence-electron chi connectivity index (χ2n) is 5.42. The summed E-state index contributed by atoms with van der Waals surface area (Å²) in [4.78, 5) is 0.205. The van der Waals surface area contributed by atoms with Gasteiger partial charge in [-0.25, -0.2) is 8.42 Å². The van der Waals surface area contributed by atoms with E-state index in [9.17, 15) is 8.42 Å². The summed E-state index contributed by atoms with van der Waals surface area (Å²) in [5.74, 6) is 0.0384. The van der Waals surface area contributed by atoms with Crippen molar-refractivity contribution in [1.29, 1.82) is 0 Å². The van der Waals surface area contributed by atoms with Crippen LogP contribution in [-0.2, 0) is 9.84 Å². The van der Waals surface area contributed by atoms with E-state index in [2.05, 4.69) is 5.32 Å². The number of nitrogens with one attached hydrogen (secondary N) is 1. The van der Waals surface area contributed by atoms with E-state index in [0.717, 1.165) is 0 Å². The fourth-order valence-electron chi connectivity index (χ4n) is 1.77. The minimum atomic E-state index is -3.38. The van der Waals surface area contributed by atoms with Crippen molar-refractivity contribution in [3.63, 3.8) is 0 Å². The minimum absolute atomic E-state index is 0.0384. The van der Waals surface area contributed by atoms with E-state index in [0.29, 0.717) is 0 Å². The molecular weight excluding hydrogens is 270 g/mol. The van der Waals surface area contributed by atoms with Gasteiger partial charge in [0.15, 0.2) is 9.84 Å². The second kappa shape index (κ2) is 5.59. The van der Waals surface area contributed by atoms with E-state index in [-0.39, 0.29) is 27.1 Å². The Balaban J connectivity index is 3.06. The molecule has 0 aliphatic heterocycles. The van der Waals surface area contributed by atoms with Crippen molar-refractivity contribution >= 4 is 21.4 Å². The lowest BCUT2D eigenvalue weighted by Crippen LogP contribution is -2.43. The molecule has 1 aromatic rings. The molecule has 1 rings (SSSR count). The molecule has 1 N–H and O–H groups in total. The van der Waals surface area contributed by atoms with Crippen molar-refractivity contribution in [2.24, 2.45) is 5.41 Å². The molecule has 0 aliphatic carbocycles. The van der Waals surface area contributed by atoms with Crippen LogP contribution < -0.4 is 5.32 Å². The summed E-state index contributed by atoms with van der Waals surface area (Å²) in [5.41, 5.74) is -0.136. The summed E-state index contributed by atoms with van der Waals surface area (Å²) < 4.78 is 24.7. The third kappa shape index (κ3) is 3.70. The van der Waals surface area contributed by atoms with Crippen LogP contribution in [0.15, 0.2) is 29.2 Å². The monoisotopic (exact) mass is 289 g/mol. The van der Waals surface area contributed by atoms with E-state index in [4.69, 9.17) is 11.6 Å². The van der Waals surface area contributed by atoms with Gasteiger partial charge in [0, 0.05) is 6.04 Å². The second-order valence-corrected chi connectivity index (χ2v) is 7.83. The Hall–Kier alpha value is -0.580. The molecule has 3 nitrogen and oxygen atoms in total. The molecule has 1 atom stereocenters. The Morgan fingerprint density at radius 3 is 2.28 bits per heavy atom. The Bertz CT molecular complexity index is 506. The number of hydrogen-bond acceptors (Lipinski definition) is 3. The van der Waals surface area contributed by atoms with E-state index < -0.39 is 9.84 Å². The van der Waals surface area contributed by atoms with Crippen molar-refractivity contribution in [3.05, 3.63) is 29.3 Å². The maximum Gasteiger partial charge on any atom is 0.181 e. The zero-order chi connectivity index (χ0) is 14.0. The molecular formula is C13H20ClNO2S. The largest absolute Gasteiger partial charge is 0.315 e. The molecule has 0 fully saturated rings. The molecule has 0 saturated carbocycles. The highest BCUT2D eigenvalue weighted by Crippen LogP contribution is 2.26. The predicted octanol–water partition coefficient (Wildman–Crippen LogP) is 2.75. The number of benzene rings is 1. The first-order valence-corrected chi connectivity index (χ1v) is 7.86. The SMILES string of the molecule is CNC(CS(=O)(=O)c1ccccc1Cl)C(C)(C)C. The molecule has 102 valence electrons. The average molecular weight is 290 g/mol. The van der Waals surface area contributed by atoms with Gasteiger partial charge >= 0.3 is 0 Å². The summed E-state index contributed by atoms with van der Waals surface area (Å²) in [6.45, 7) is 6.03. The molecule has 0 radical (unpaired) electrons. The predicted molar refractivity (Wildman–Crippen MR) is 75.8 cm³/mol. The van der Waals surface area contributed by atoms with Crippen LogP contribution in [0.25, 0.3) is 0 Å². The van der Waals surface area contributed by atoms with Crippen LogP contribution in [0.5, 0.6) is 0 Å². The van der Waals surface area contributed by atoms with Gasteiger partial charge in [0.1, 0.15) is 0 Å². The lowest BCUT2D eigenvalue weighted by molar-refractivity contribution is 0.302. The van der Waals surface area contributed by atoms with Crippen LogP contribution in [0.1, 0.15) is 20.8 Å². The Kier molecular flexibility index (Phi) is 4.81. The molecule has 1 unspecified atom stereocenters. The van der Waals surface area contributed by atoms with E-state index in [1.165, 1.54) is 0 Å². The first-order valence-electron chi connectivity index (χ1n) is 5.83. The van der Waals surface area contributed by atoms with E-state index in [1.54, 1.807) is 31.3 Å². The van der Waals surface area contributed by atoms with E-state index >= 15 is 0 Å². The third-order valence-corrected chi connectivity index (χ3v) is 5.19. The highest BCUT2D eigenvalue weighted by atomic mass is 35.5. The Labute approximate surface area is 114 Å². The zero-order valence-electron chi connectivity index (χ0n) is 11.2. The topological polar surface area (TPSA) is 46.2 Å². The smallest absolute Gasteiger partial charge is 0.181 e. The summed E-state index contributed by atoms with van der Waals surface area (Å²) in [6.07, 6.45) is 0. The lowest BCUT2D eigenvalue weighted by atomic mass is 9.88. The first-order chi connectivity index (χ1) is 8.18. The Morgan fingerprint density at radius 2 is 1.83 bits per heavy atom. The van der Waals surface area contributed by atoms with Crippen LogP contribution >= 0.6 is 11.6 Å². The number of hydrogen-bond donors (Lipinski definition) is 1. The molecule has 0 heterocycles. The van der Waals surface area contributed by atoms with Gasteiger partial charge in [0.25, 0.3) is 0 Å². The van der Waals surface area contributed by atoms with Crippen molar-refractivity contribution in [2.75, 3.05) is 12.8 Å². The van der Waals surface area contributed by atoms with Crippen molar-refractivity contribution in [3.8, 4) is 0 Å². The van der Waals surface area contributed by atoms with Gasteiger partial charge in [0.2, 0.25) is 0 Å². The van der Waals surface area contributed by atoms with Crippen molar-refractivity contribution in [2.45, 2.75) is 31.7 Å². The maximum absolute atomic E-state index is 12.3. The normalized spacial score (nSPS) is 14.5. The van der Waals surface area contributed by atoms with Crippen LogP contribution in [0, 0.1) is 5.41 Å². The van der Waals surface area contributed by atoms with Crippen molar-refractivity contribution in [1.82, 2.24) is 5.32 Å². The molecule has 0 aromatic heterocycles. The quantitative estimate of drug-likeness (QED) is 0.927. The first kappa shape index (κ1) is 15.5. The van der Waals surface area contributed by atoms with Crippen LogP contribution in [0.3, 0.4) is 0 Å². The van der Waals surface area contributed by atoms with Gasteiger partial charge in [-0.15, -0.1) is 0 Å². The fraction of sp³-hybridized carbons (Fsp3) is 0.538. The van der Waals surface area contributed by atoms with E-state index in [1.807, 2.05) is 20.8 Å². The molecule has 5 heteroatoms. The summed E-state index contributed by atoms with van der Waals surface area (Å²) in [5, 5.41) is 3.34.